The first kappa shape index (κ1) is 14.1. The van der Waals surface area contributed by atoms with Crippen LogP contribution in [-0.4, -0.2) is 20.1 Å². The zero-order chi connectivity index (χ0) is 14.4. The van der Waals surface area contributed by atoms with E-state index in [0.717, 1.165) is 0 Å². The summed E-state index contributed by atoms with van der Waals surface area (Å²) >= 11 is 0. The molecule has 2 aromatic carbocycles. The topological polar surface area (TPSA) is 66.4 Å². The Hall–Kier alpha value is -2.29. The van der Waals surface area contributed by atoms with E-state index in [0.29, 0.717) is 11.3 Å². The molecule has 0 bridgehead atoms. The van der Waals surface area contributed by atoms with Crippen molar-refractivity contribution in [3.05, 3.63) is 60.2 Å². The zero-order valence-electron chi connectivity index (χ0n) is 10.6. The highest BCUT2D eigenvalue weighted by atomic mass is 32.2. The van der Waals surface area contributed by atoms with Crippen LogP contribution in [-0.2, 0) is 10.0 Å². The Morgan fingerprint density at radius 3 is 2.25 bits per heavy atom. The Balaban J connectivity index is 2.22. The van der Waals surface area contributed by atoms with Gasteiger partial charge in [0.25, 0.3) is 10.0 Å². The average molecular weight is 287 g/mol. The van der Waals surface area contributed by atoms with E-state index in [4.69, 9.17) is 5.11 Å². The average Bonchev–Trinajstić information content (AvgIpc) is 2.46. The van der Waals surface area contributed by atoms with Crippen LogP contribution < -0.4 is 4.72 Å². The monoisotopic (exact) mass is 287 g/mol. The van der Waals surface area contributed by atoms with E-state index in [9.17, 15) is 8.42 Å². The molecule has 0 aromatic heterocycles. The minimum Gasteiger partial charge on any atom is -0.384 e. The second-order valence-electron chi connectivity index (χ2n) is 3.96. The maximum atomic E-state index is 12.1. The molecule has 0 radical (unpaired) electrons. The quantitative estimate of drug-likeness (QED) is 0.846. The lowest BCUT2D eigenvalue weighted by atomic mass is 10.2. The minimum absolute atomic E-state index is 0.163. The van der Waals surface area contributed by atoms with Gasteiger partial charge in [0.05, 0.1) is 4.90 Å². The Kier molecular flexibility index (Phi) is 4.41. The molecule has 0 saturated heterocycles. The van der Waals surface area contributed by atoms with Crippen molar-refractivity contribution in [2.45, 2.75) is 4.90 Å². The second kappa shape index (κ2) is 6.24. The molecule has 4 nitrogen and oxygen atoms in total. The van der Waals surface area contributed by atoms with E-state index in [-0.39, 0.29) is 11.5 Å². The molecular weight excluding hydrogens is 274 g/mol. The molecule has 2 aromatic rings. The second-order valence-corrected chi connectivity index (χ2v) is 5.64. The van der Waals surface area contributed by atoms with Crippen LogP contribution in [0, 0.1) is 11.8 Å². The maximum absolute atomic E-state index is 12.1. The Morgan fingerprint density at radius 1 is 1.00 bits per heavy atom. The van der Waals surface area contributed by atoms with E-state index < -0.39 is 10.0 Å². The fraction of sp³-hybridized carbons (Fsp3) is 0.0667. The molecule has 0 spiro atoms. The number of rotatable bonds is 3. The fourth-order valence-electron chi connectivity index (χ4n) is 1.58. The normalized spacial score (nSPS) is 10.4. The van der Waals surface area contributed by atoms with Crippen molar-refractivity contribution in [1.29, 1.82) is 0 Å². The number of anilines is 1. The van der Waals surface area contributed by atoms with Gasteiger partial charge in [-0.15, -0.1) is 0 Å². The van der Waals surface area contributed by atoms with Crippen molar-refractivity contribution in [2.24, 2.45) is 0 Å². The summed E-state index contributed by atoms with van der Waals surface area (Å²) < 4.78 is 26.8. The smallest absolute Gasteiger partial charge is 0.261 e. The first-order chi connectivity index (χ1) is 9.62. The van der Waals surface area contributed by atoms with E-state index in [1.54, 1.807) is 36.4 Å². The van der Waals surface area contributed by atoms with Crippen LogP contribution in [0.5, 0.6) is 0 Å². The van der Waals surface area contributed by atoms with E-state index in [1.165, 1.54) is 12.1 Å². The van der Waals surface area contributed by atoms with Crippen molar-refractivity contribution in [2.75, 3.05) is 11.3 Å². The lowest BCUT2D eigenvalue weighted by molar-refractivity contribution is 0.350. The fourth-order valence-corrected chi connectivity index (χ4v) is 2.64. The van der Waals surface area contributed by atoms with Gasteiger partial charge in [-0.1, -0.05) is 30.0 Å². The highest BCUT2D eigenvalue weighted by molar-refractivity contribution is 7.92. The van der Waals surface area contributed by atoms with Crippen molar-refractivity contribution < 1.29 is 13.5 Å². The van der Waals surface area contributed by atoms with Crippen LogP contribution >= 0.6 is 0 Å². The standard InChI is InChI=1S/C15H13NO3S/c17-12-4-5-13-8-10-15(11-9-13)20(18,19)16-14-6-2-1-3-7-14/h1-3,6-11,16-17H,12H2. The van der Waals surface area contributed by atoms with E-state index in [1.807, 2.05) is 6.07 Å². The van der Waals surface area contributed by atoms with Crippen molar-refractivity contribution in [1.82, 2.24) is 0 Å². The summed E-state index contributed by atoms with van der Waals surface area (Å²) in [6, 6.07) is 14.8. The van der Waals surface area contributed by atoms with Gasteiger partial charge in [-0.2, -0.15) is 0 Å². The third kappa shape index (κ3) is 3.60. The molecule has 5 heteroatoms. The van der Waals surface area contributed by atoms with Crippen molar-refractivity contribution in [3.63, 3.8) is 0 Å². The molecule has 0 saturated carbocycles. The molecule has 20 heavy (non-hydrogen) atoms. The van der Waals surface area contributed by atoms with Crippen molar-refractivity contribution in [3.8, 4) is 11.8 Å². The van der Waals surface area contributed by atoms with Crippen LogP contribution in [0.15, 0.2) is 59.5 Å². The maximum Gasteiger partial charge on any atom is 0.261 e. The van der Waals surface area contributed by atoms with Crippen LogP contribution in [0.1, 0.15) is 5.56 Å². The van der Waals surface area contributed by atoms with Gasteiger partial charge in [-0.3, -0.25) is 4.72 Å². The van der Waals surface area contributed by atoms with Gasteiger partial charge in [0.1, 0.15) is 6.61 Å². The number of hydrogen-bond donors (Lipinski definition) is 2. The summed E-state index contributed by atoms with van der Waals surface area (Å²) in [4.78, 5) is 0.163. The lowest BCUT2D eigenvalue weighted by Crippen LogP contribution is -2.12. The molecule has 0 aliphatic carbocycles. The van der Waals surface area contributed by atoms with Crippen LogP contribution in [0.25, 0.3) is 0 Å². The highest BCUT2D eigenvalue weighted by Gasteiger charge is 2.13. The van der Waals surface area contributed by atoms with Gasteiger partial charge in [-0.25, -0.2) is 8.42 Å². The molecule has 0 aliphatic rings. The minimum atomic E-state index is -3.60. The SMILES string of the molecule is O=S(=O)(Nc1ccccc1)c1ccc(C#CCO)cc1. The summed E-state index contributed by atoms with van der Waals surface area (Å²) in [6.45, 7) is -0.227. The van der Waals surface area contributed by atoms with Gasteiger partial charge in [0, 0.05) is 11.3 Å². The lowest BCUT2D eigenvalue weighted by Gasteiger charge is -2.07. The number of benzene rings is 2. The van der Waals surface area contributed by atoms with Gasteiger partial charge in [0.2, 0.25) is 0 Å². The number of aliphatic hydroxyl groups excluding tert-OH is 1. The number of nitrogens with one attached hydrogen (secondary N) is 1. The van der Waals surface area contributed by atoms with E-state index in [2.05, 4.69) is 16.6 Å². The number of para-hydroxylation sites is 1. The van der Waals surface area contributed by atoms with E-state index >= 15 is 0 Å². The summed E-state index contributed by atoms with van der Waals surface area (Å²) in [5.41, 5.74) is 1.16. The molecule has 0 heterocycles. The number of sulfonamides is 1. The van der Waals surface area contributed by atoms with Gasteiger partial charge in [0.15, 0.2) is 0 Å². The summed E-state index contributed by atoms with van der Waals surface area (Å²) in [5, 5.41) is 8.60. The first-order valence-corrected chi connectivity index (χ1v) is 7.38. The third-order valence-electron chi connectivity index (χ3n) is 2.50. The Bertz CT molecular complexity index is 726. The highest BCUT2D eigenvalue weighted by Crippen LogP contribution is 2.15. The molecular formula is C15H13NO3S. The predicted octanol–water partition coefficient (Wildman–Crippen LogP) is 1.83. The van der Waals surface area contributed by atoms with Crippen molar-refractivity contribution >= 4 is 15.7 Å². The predicted molar refractivity (Wildman–Crippen MR) is 77.7 cm³/mol. The van der Waals surface area contributed by atoms with Crippen LogP contribution in [0.4, 0.5) is 5.69 Å². The molecule has 0 unspecified atom stereocenters. The number of hydrogen-bond acceptors (Lipinski definition) is 3. The summed E-state index contributed by atoms with van der Waals surface area (Å²) in [5.74, 6) is 5.21. The first-order valence-electron chi connectivity index (χ1n) is 5.89. The molecule has 0 atom stereocenters. The van der Waals surface area contributed by atoms with Gasteiger partial charge >= 0.3 is 0 Å². The Morgan fingerprint density at radius 2 is 1.65 bits per heavy atom. The van der Waals surface area contributed by atoms with Gasteiger partial charge < -0.3 is 5.11 Å². The molecule has 2 rings (SSSR count). The Labute approximate surface area is 118 Å². The zero-order valence-corrected chi connectivity index (χ0v) is 11.4. The third-order valence-corrected chi connectivity index (χ3v) is 3.90. The largest absolute Gasteiger partial charge is 0.384 e. The molecule has 0 fully saturated rings. The molecule has 0 aliphatic heterocycles. The summed E-state index contributed by atoms with van der Waals surface area (Å²) in [7, 11) is -3.60. The number of aliphatic hydroxyl groups is 1. The molecule has 0 amide bonds. The molecule has 2 N–H and O–H groups in total. The summed E-state index contributed by atoms with van der Waals surface area (Å²) in [6.07, 6.45) is 0. The molecule has 102 valence electrons. The van der Waals surface area contributed by atoms with Crippen LogP contribution in [0.2, 0.25) is 0 Å². The van der Waals surface area contributed by atoms with Crippen LogP contribution in [0.3, 0.4) is 0 Å². The van der Waals surface area contributed by atoms with Gasteiger partial charge in [-0.05, 0) is 36.4 Å².